The highest BCUT2D eigenvalue weighted by Gasteiger charge is 2.38. The quantitative estimate of drug-likeness (QED) is 0.553. The number of anilines is 2. The van der Waals surface area contributed by atoms with Gasteiger partial charge in [-0.05, 0) is 69.0 Å². The van der Waals surface area contributed by atoms with E-state index in [4.69, 9.17) is 5.73 Å². The monoisotopic (exact) mass is 449 g/mol. The summed E-state index contributed by atoms with van der Waals surface area (Å²) in [6.45, 7) is 7.13. The number of fused-ring (bicyclic) bond motifs is 1. The second-order valence-corrected chi connectivity index (χ2v) is 10.3. The third-order valence-corrected chi connectivity index (χ3v) is 8.05. The molecule has 0 unspecified atom stereocenters. The van der Waals surface area contributed by atoms with E-state index in [1.807, 2.05) is 19.1 Å². The van der Waals surface area contributed by atoms with E-state index in [1.165, 1.54) is 48.4 Å². The number of carbonyl (C=O) groups excluding carboxylic acids is 1. The number of nitrogen functional groups attached to an aromatic ring is 1. The van der Waals surface area contributed by atoms with Gasteiger partial charge in [0.05, 0.1) is 5.69 Å². The molecule has 2 aliphatic heterocycles. The largest absolute Gasteiger partial charge is 0.397 e. The average Bonchev–Trinajstić information content (AvgIpc) is 3.35. The molecule has 2 fully saturated rings. The Morgan fingerprint density at radius 3 is 2.88 bits per heavy atom. The lowest BCUT2D eigenvalue weighted by molar-refractivity contribution is 0.0959. The van der Waals surface area contributed by atoms with Crippen LogP contribution in [-0.2, 0) is 6.42 Å². The second-order valence-electron chi connectivity index (χ2n) is 9.27. The van der Waals surface area contributed by atoms with Crippen molar-refractivity contribution in [3.8, 4) is 0 Å². The van der Waals surface area contributed by atoms with E-state index in [9.17, 15) is 4.79 Å². The Kier molecular flexibility index (Phi) is 5.78. The molecule has 0 radical (unpaired) electrons. The lowest BCUT2D eigenvalue weighted by Gasteiger charge is -2.34. The van der Waals surface area contributed by atoms with Crippen LogP contribution in [-0.4, -0.2) is 43.6 Å². The Balaban J connectivity index is 1.16. The van der Waals surface area contributed by atoms with Gasteiger partial charge in [-0.25, -0.2) is 4.98 Å². The molecule has 2 aliphatic rings. The third-order valence-electron chi connectivity index (χ3n) is 6.94. The van der Waals surface area contributed by atoms with Crippen LogP contribution in [0.3, 0.4) is 0 Å². The Hall–Kier alpha value is -2.64. The number of carbonyl (C=O) groups is 1. The summed E-state index contributed by atoms with van der Waals surface area (Å²) in [5.74, 6) is -0.122. The van der Waals surface area contributed by atoms with E-state index in [1.54, 1.807) is 0 Å². The molecule has 6 nitrogen and oxygen atoms in total. The SMILES string of the molecule is Cc1ccc2c(N)c(C(=O)NCCc3ccc(N4CC[C@]5(CCCNC5)C4)cc3)sc2n1. The zero-order valence-corrected chi connectivity index (χ0v) is 19.4. The molecule has 2 aromatic heterocycles. The summed E-state index contributed by atoms with van der Waals surface area (Å²) in [5, 5.41) is 7.46. The summed E-state index contributed by atoms with van der Waals surface area (Å²) in [5.41, 5.74) is 10.6. The van der Waals surface area contributed by atoms with Crippen molar-refractivity contribution < 1.29 is 4.79 Å². The van der Waals surface area contributed by atoms with Crippen molar-refractivity contribution >= 4 is 38.8 Å². The summed E-state index contributed by atoms with van der Waals surface area (Å²) in [4.78, 5) is 21.0. The molecule has 168 valence electrons. The van der Waals surface area contributed by atoms with Crippen LogP contribution in [0.25, 0.3) is 10.2 Å². The molecule has 32 heavy (non-hydrogen) atoms. The molecule has 0 saturated carbocycles. The van der Waals surface area contributed by atoms with Crippen molar-refractivity contribution in [1.82, 2.24) is 15.6 Å². The molecule has 5 rings (SSSR count). The number of piperidine rings is 1. The van der Waals surface area contributed by atoms with E-state index in [0.717, 1.165) is 42.0 Å². The van der Waals surface area contributed by atoms with Crippen LogP contribution in [0.5, 0.6) is 0 Å². The molecule has 3 aromatic rings. The maximum atomic E-state index is 12.7. The number of benzene rings is 1. The van der Waals surface area contributed by atoms with Gasteiger partial charge < -0.3 is 21.3 Å². The summed E-state index contributed by atoms with van der Waals surface area (Å²) in [6.07, 6.45) is 4.71. The Labute approximate surface area is 193 Å². The average molecular weight is 450 g/mol. The minimum Gasteiger partial charge on any atom is -0.397 e. The molecular formula is C25H31N5OS. The number of aryl methyl sites for hydroxylation is 1. The van der Waals surface area contributed by atoms with Crippen LogP contribution in [0.2, 0.25) is 0 Å². The molecule has 4 heterocycles. The molecule has 4 N–H and O–H groups in total. The number of nitrogens with zero attached hydrogens (tertiary/aromatic N) is 2. The predicted octanol–water partition coefficient (Wildman–Crippen LogP) is 3.74. The normalized spacial score (nSPS) is 20.8. The van der Waals surface area contributed by atoms with Crippen molar-refractivity contribution in [2.24, 2.45) is 5.41 Å². The van der Waals surface area contributed by atoms with Gasteiger partial charge in [-0.3, -0.25) is 4.79 Å². The predicted molar refractivity (Wildman–Crippen MR) is 133 cm³/mol. The van der Waals surface area contributed by atoms with Gasteiger partial charge >= 0.3 is 0 Å². The van der Waals surface area contributed by atoms with E-state index < -0.39 is 0 Å². The van der Waals surface area contributed by atoms with Crippen LogP contribution in [0.15, 0.2) is 36.4 Å². The molecule has 1 spiro atoms. The fraction of sp³-hybridized carbons (Fsp3) is 0.440. The Morgan fingerprint density at radius 1 is 1.25 bits per heavy atom. The topological polar surface area (TPSA) is 83.3 Å². The number of aromatic nitrogens is 1. The van der Waals surface area contributed by atoms with E-state index >= 15 is 0 Å². The number of rotatable bonds is 5. The minimum absolute atomic E-state index is 0.122. The Morgan fingerprint density at radius 2 is 2.09 bits per heavy atom. The summed E-state index contributed by atoms with van der Waals surface area (Å²) >= 11 is 1.36. The van der Waals surface area contributed by atoms with Crippen LogP contribution in [0, 0.1) is 12.3 Å². The maximum absolute atomic E-state index is 12.7. The van der Waals surface area contributed by atoms with Gasteiger partial charge in [-0.15, -0.1) is 11.3 Å². The summed E-state index contributed by atoms with van der Waals surface area (Å²) in [6, 6.07) is 12.7. The first-order chi connectivity index (χ1) is 15.5. The number of nitrogens with two attached hydrogens (primary N) is 1. The zero-order valence-electron chi connectivity index (χ0n) is 18.6. The minimum atomic E-state index is -0.122. The lowest BCUT2D eigenvalue weighted by Crippen LogP contribution is -2.41. The number of nitrogens with one attached hydrogen (secondary N) is 2. The number of thiophene rings is 1. The lowest BCUT2D eigenvalue weighted by atomic mass is 9.80. The second kappa shape index (κ2) is 8.71. The highest BCUT2D eigenvalue weighted by atomic mass is 32.1. The van der Waals surface area contributed by atoms with E-state index in [2.05, 4.69) is 44.8 Å². The van der Waals surface area contributed by atoms with Crippen molar-refractivity contribution in [3.63, 3.8) is 0 Å². The van der Waals surface area contributed by atoms with Gasteiger partial charge in [0.2, 0.25) is 0 Å². The fourth-order valence-electron chi connectivity index (χ4n) is 5.07. The summed E-state index contributed by atoms with van der Waals surface area (Å²) < 4.78 is 0. The van der Waals surface area contributed by atoms with Gasteiger partial charge in [-0.2, -0.15) is 0 Å². The number of amides is 1. The highest BCUT2D eigenvalue weighted by Crippen LogP contribution is 2.38. The van der Waals surface area contributed by atoms with Crippen LogP contribution in [0.4, 0.5) is 11.4 Å². The molecule has 2 saturated heterocycles. The van der Waals surface area contributed by atoms with Crippen LogP contribution in [0.1, 0.15) is 40.2 Å². The van der Waals surface area contributed by atoms with Crippen molar-refractivity contribution in [2.45, 2.75) is 32.6 Å². The van der Waals surface area contributed by atoms with E-state index in [-0.39, 0.29) is 5.91 Å². The van der Waals surface area contributed by atoms with Gasteiger partial charge in [0.25, 0.3) is 5.91 Å². The molecule has 0 aliphatic carbocycles. The summed E-state index contributed by atoms with van der Waals surface area (Å²) in [7, 11) is 0. The first-order valence-corrected chi connectivity index (χ1v) is 12.3. The van der Waals surface area contributed by atoms with Crippen LogP contribution < -0.4 is 21.3 Å². The number of hydrogen-bond donors (Lipinski definition) is 3. The molecule has 1 aromatic carbocycles. The zero-order chi connectivity index (χ0) is 22.1. The third kappa shape index (κ3) is 4.19. The molecular weight excluding hydrogens is 418 g/mol. The molecule has 1 amide bonds. The molecule has 1 atom stereocenters. The van der Waals surface area contributed by atoms with Crippen molar-refractivity contribution in [1.29, 1.82) is 0 Å². The van der Waals surface area contributed by atoms with Crippen LogP contribution >= 0.6 is 11.3 Å². The van der Waals surface area contributed by atoms with Gasteiger partial charge in [0, 0.05) is 48.4 Å². The fourth-order valence-corrected chi connectivity index (χ4v) is 6.12. The van der Waals surface area contributed by atoms with Gasteiger partial charge in [-0.1, -0.05) is 12.1 Å². The van der Waals surface area contributed by atoms with Crippen molar-refractivity contribution in [2.75, 3.05) is 43.4 Å². The van der Waals surface area contributed by atoms with Crippen molar-refractivity contribution in [3.05, 3.63) is 52.5 Å². The Bertz CT molecular complexity index is 1120. The smallest absolute Gasteiger partial charge is 0.263 e. The number of hydrogen-bond acceptors (Lipinski definition) is 6. The van der Waals surface area contributed by atoms with Gasteiger partial charge in [0.1, 0.15) is 9.71 Å². The maximum Gasteiger partial charge on any atom is 0.263 e. The molecule has 0 bridgehead atoms. The van der Waals surface area contributed by atoms with E-state index in [0.29, 0.717) is 22.5 Å². The number of pyridine rings is 1. The van der Waals surface area contributed by atoms with Gasteiger partial charge in [0.15, 0.2) is 0 Å². The highest BCUT2D eigenvalue weighted by molar-refractivity contribution is 7.21. The first-order valence-electron chi connectivity index (χ1n) is 11.5. The standard InChI is InChI=1S/C25H31N5OS/c1-17-3-8-20-21(26)22(32-24(20)29-17)23(31)28-13-9-18-4-6-19(7-5-18)30-14-11-25(16-30)10-2-12-27-15-25/h3-8,27H,2,9-16,26H2,1H3,(H,28,31)/t25-/m0/s1. The first kappa shape index (κ1) is 21.2. The molecule has 7 heteroatoms.